The molecule has 37 heavy (non-hydrogen) atoms. The Balaban J connectivity index is 1.57. The Hall–Kier alpha value is -3.72. The van der Waals surface area contributed by atoms with E-state index in [0.717, 1.165) is 27.5 Å². The Bertz CT molecular complexity index is 1300. The fourth-order valence-corrected chi connectivity index (χ4v) is 5.06. The van der Waals surface area contributed by atoms with Gasteiger partial charge in [0.15, 0.2) is 23.3 Å². The largest absolute Gasteiger partial charge is 0.490 e. The maximum Gasteiger partial charge on any atom is 0.338 e. The van der Waals surface area contributed by atoms with Crippen molar-refractivity contribution < 1.29 is 23.8 Å². The normalized spacial score (nSPS) is 16.3. The summed E-state index contributed by atoms with van der Waals surface area (Å²) in [6.45, 7) is 9.93. The molecule has 2 aliphatic rings. The number of carbonyl (C=O) groups is 2. The number of amides is 1. The highest BCUT2D eigenvalue weighted by Crippen LogP contribution is 2.43. The lowest BCUT2D eigenvalue weighted by Gasteiger charge is -2.33. The quantitative estimate of drug-likeness (QED) is 0.437. The van der Waals surface area contributed by atoms with Crippen LogP contribution in [0.25, 0.3) is 0 Å². The van der Waals surface area contributed by atoms with Gasteiger partial charge in [0, 0.05) is 11.9 Å². The zero-order chi connectivity index (χ0) is 26.5. The SMILES string of the molecule is CCOC(=O)C1=C(C)N=C2SC=CN2[C@@H]1c1ccc(OCC(=O)Nc2ccc(C)cc2C)c(OCC)c1. The predicted molar refractivity (Wildman–Crippen MR) is 146 cm³/mol. The van der Waals surface area contributed by atoms with E-state index < -0.39 is 12.0 Å². The molecule has 1 N–H and O–H groups in total. The van der Waals surface area contributed by atoms with Gasteiger partial charge in [0.25, 0.3) is 5.91 Å². The van der Waals surface area contributed by atoms with Gasteiger partial charge in [0.2, 0.25) is 0 Å². The molecular weight excluding hydrogens is 490 g/mol. The van der Waals surface area contributed by atoms with E-state index in [2.05, 4.69) is 10.3 Å². The van der Waals surface area contributed by atoms with Crippen molar-refractivity contribution in [3.63, 3.8) is 0 Å². The number of aliphatic imine (C=N–C) groups is 1. The first kappa shape index (κ1) is 26.3. The topological polar surface area (TPSA) is 89.5 Å². The smallest absolute Gasteiger partial charge is 0.338 e. The number of thioether (sulfide) groups is 1. The second kappa shape index (κ2) is 11.6. The van der Waals surface area contributed by atoms with Crippen LogP contribution in [0.4, 0.5) is 5.69 Å². The lowest BCUT2D eigenvalue weighted by Crippen LogP contribution is -2.34. The summed E-state index contributed by atoms with van der Waals surface area (Å²) >= 11 is 1.50. The molecule has 0 aliphatic carbocycles. The fraction of sp³-hybridized carbons (Fsp3) is 0.321. The number of hydrogen-bond donors (Lipinski definition) is 1. The Morgan fingerprint density at radius 2 is 1.84 bits per heavy atom. The van der Waals surface area contributed by atoms with Crippen LogP contribution in [0.2, 0.25) is 0 Å². The zero-order valence-corrected chi connectivity index (χ0v) is 22.5. The number of anilines is 1. The predicted octanol–water partition coefficient (Wildman–Crippen LogP) is 5.49. The molecule has 0 saturated heterocycles. The van der Waals surface area contributed by atoms with E-state index in [4.69, 9.17) is 14.2 Å². The van der Waals surface area contributed by atoms with Gasteiger partial charge in [-0.3, -0.25) is 4.79 Å². The number of nitrogens with one attached hydrogen (secondary N) is 1. The van der Waals surface area contributed by atoms with E-state index in [1.807, 2.05) is 74.5 Å². The van der Waals surface area contributed by atoms with Gasteiger partial charge in [-0.25, -0.2) is 9.79 Å². The first-order valence-electron chi connectivity index (χ1n) is 12.2. The highest BCUT2D eigenvalue weighted by molar-refractivity contribution is 8.16. The molecule has 9 heteroatoms. The number of benzene rings is 2. The van der Waals surface area contributed by atoms with Crippen LogP contribution in [0.5, 0.6) is 11.5 Å². The number of carbonyl (C=O) groups excluding carboxylic acids is 2. The van der Waals surface area contributed by atoms with Crippen LogP contribution in [0, 0.1) is 13.8 Å². The van der Waals surface area contributed by atoms with Crippen LogP contribution in [0.3, 0.4) is 0 Å². The summed E-state index contributed by atoms with van der Waals surface area (Å²) in [6, 6.07) is 10.9. The van der Waals surface area contributed by atoms with E-state index in [1.165, 1.54) is 11.8 Å². The molecule has 0 fully saturated rings. The monoisotopic (exact) mass is 521 g/mol. The summed E-state index contributed by atoms with van der Waals surface area (Å²) in [6.07, 6.45) is 1.90. The van der Waals surface area contributed by atoms with E-state index in [1.54, 1.807) is 13.0 Å². The molecule has 2 heterocycles. The van der Waals surface area contributed by atoms with Crippen molar-refractivity contribution in [2.45, 2.75) is 40.7 Å². The lowest BCUT2D eigenvalue weighted by molar-refractivity contribution is -0.139. The summed E-state index contributed by atoms with van der Waals surface area (Å²) in [5.74, 6) is 0.254. The second-order valence-electron chi connectivity index (χ2n) is 8.62. The standard InChI is InChI=1S/C28H31N3O5S/c1-6-34-23-15-20(26-25(27(33)35-7-2)19(5)29-28-31(26)12-13-37-28)9-11-22(23)36-16-24(32)30-21-10-8-17(3)14-18(21)4/h8-15,26H,6-7,16H2,1-5H3,(H,30,32)/t26-/m1/s1. The first-order valence-corrected chi connectivity index (χ1v) is 13.0. The highest BCUT2D eigenvalue weighted by atomic mass is 32.2. The number of allylic oxidation sites excluding steroid dienone is 1. The molecule has 2 aromatic carbocycles. The average Bonchev–Trinajstić information content (AvgIpc) is 3.32. The van der Waals surface area contributed by atoms with E-state index in [9.17, 15) is 9.59 Å². The van der Waals surface area contributed by atoms with Gasteiger partial charge in [-0.1, -0.05) is 35.5 Å². The fourth-order valence-electron chi connectivity index (χ4n) is 4.26. The minimum atomic E-state index is -0.432. The van der Waals surface area contributed by atoms with Crippen molar-refractivity contribution >= 4 is 34.5 Å². The van der Waals surface area contributed by atoms with Crippen LogP contribution >= 0.6 is 11.8 Å². The number of ether oxygens (including phenoxy) is 3. The molecule has 0 bridgehead atoms. The molecule has 0 saturated carbocycles. The van der Waals surface area contributed by atoms with Crippen molar-refractivity contribution in [3.05, 3.63) is 76.0 Å². The molecule has 0 unspecified atom stereocenters. The molecule has 194 valence electrons. The summed E-state index contributed by atoms with van der Waals surface area (Å²) in [7, 11) is 0. The van der Waals surface area contributed by atoms with Crippen molar-refractivity contribution in [1.82, 2.24) is 4.90 Å². The Morgan fingerprint density at radius 3 is 2.57 bits per heavy atom. The minimum absolute atomic E-state index is 0.175. The van der Waals surface area contributed by atoms with Gasteiger partial charge in [-0.2, -0.15) is 0 Å². The van der Waals surface area contributed by atoms with E-state index >= 15 is 0 Å². The third-order valence-corrected chi connectivity index (χ3v) is 6.68. The molecule has 1 amide bonds. The van der Waals surface area contributed by atoms with Gasteiger partial charge in [0.05, 0.1) is 30.5 Å². The van der Waals surface area contributed by atoms with Crippen molar-refractivity contribution in [1.29, 1.82) is 0 Å². The molecule has 0 aromatic heterocycles. The third kappa shape index (κ3) is 5.83. The summed E-state index contributed by atoms with van der Waals surface area (Å²) in [5.41, 5.74) is 4.77. The minimum Gasteiger partial charge on any atom is -0.490 e. The van der Waals surface area contributed by atoms with Gasteiger partial charge in [0.1, 0.15) is 0 Å². The zero-order valence-electron chi connectivity index (χ0n) is 21.7. The van der Waals surface area contributed by atoms with E-state index in [-0.39, 0.29) is 19.1 Å². The number of fused-ring (bicyclic) bond motifs is 1. The number of aryl methyl sites for hydroxylation is 2. The maximum absolute atomic E-state index is 12.9. The number of amidine groups is 1. The van der Waals surface area contributed by atoms with Gasteiger partial charge < -0.3 is 24.4 Å². The highest BCUT2D eigenvalue weighted by Gasteiger charge is 2.37. The molecule has 2 aromatic rings. The molecule has 0 radical (unpaired) electrons. The molecule has 1 atom stereocenters. The van der Waals surface area contributed by atoms with Gasteiger partial charge in [-0.05, 0) is 69.4 Å². The molecule has 0 spiro atoms. The second-order valence-corrected chi connectivity index (χ2v) is 9.49. The summed E-state index contributed by atoms with van der Waals surface area (Å²) in [4.78, 5) is 32.1. The molecule has 2 aliphatic heterocycles. The lowest BCUT2D eigenvalue weighted by atomic mass is 9.94. The van der Waals surface area contributed by atoms with Crippen molar-refractivity contribution in [2.24, 2.45) is 4.99 Å². The molecular formula is C28H31N3O5S. The van der Waals surface area contributed by atoms with Crippen molar-refractivity contribution in [3.8, 4) is 11.5 Å². The molecule has 8 nitrogen and oxygen atoms in total. The van der Waals surface area contributed by atoms with Gasteiger partial charge in [-0.15, -0.1) is 0 Å². The van der Waals surface area contributed by atoms with Gasteiger partial charge >= 0.3 is 5.97 Å². The van der Waals surface area contributed by atoms with Crippen LogP contribution < -0.4 is 14.8 Å². The number of hydrogen-bond acceptors (Lipinski definition) is 8. The average molecular weight is 522 g/mol. The Morgan fingerprint density at radius 1 is 1.03 bits per heavy atom. The Labute approximate surface area is 221 Å². The van der Waals surface area contributed by atoms with Crippen LogP contribution in [-0.2, 0) is 14.3 Å². The van der Waals surface area contributed by atoms with E-state index in [0.29, 0.717) is 29.4 Å². The number of nitrogens with zero attached hydrogens (tertiary/aromatic N) is 2. The Kier molecular flexibility index (Phi) is 8.23. The van der Waals surface area contributed by atoms with Crippen LogP contribution in [0.15, 0.2) is 64.3 Å². The molecule has 4 rings (SSSR count). The first-order chi connectivity index (χ1) is 17.8. The van der Waals surface area contributed by atoms with Crippen LogP contribution in [-0.4, -0.2) is 41.8 Å². The van der Waals surface area contributed by atoms with Crippen LogP contribution in [0.1, 0.15) is 43.5 Å². The summed E-state index contributed by atoms with van der Waals surface area (Å²) in [5, 5.41) is 5.61. The number of esters is 1. The maximum atomic E-state index is 12.9. The number of rotatable bonds is 9. The third-order valence-electron chi connectivity index (χ3n) is 5.91. The summed E-state index contributed by atoms with van der Waals surface area (Å²) < 4.78 is 17.1. The van der Waals surface area contributed by atoms with Crippen molar-refractivity contribution in [2.75, 3.05) is 25.1 Å².